The maximum atomic E-state index is 12.4. The number of amides is 2. The maximum absolute atomic E-state index is 12.4. The highest BCUT2D eigenvalue weighted by Crippen LogP contribution is 2.20. The summed E-state index contributed by atoms with van der Waals surface area (Å²) in [4.78, 5) is 14.3. The summed E-state index contributed by atoms with van der Waals surface area (Å²) in [6, 6.07) is 13.8. The number of rotatable bonds is 6. The van der Waals surface area contributed by atoms with Crippen LogP contribution in [0.2, 0.25) is 0 Å². The van der Waals surface area contributed by atoms with Crippen molar-refractivity contribution in [2.75, 3.05) is 19.7 Å². The summed E-state index contributed by atoms with van der Waals surface area (Å²) >= 11 is 0. The van der Waals surface area contributed by atoms with Crippen LogP contribution in [0.3, 0.4) is 0 Å². The molecule has 0 unspecified atom stereocenters. The van der Waals surface area contributed by atoms with Crippen molar-refractivity contribution in [2.24, 2.45) is 5.92 Å². The molecule has 0 spiro atoms. The Labute approximate surface area is 149 Å². The molecule has 1 saturated heterocycles. The van der Waals surface area contributed by atoms with Crippen molar-refractivity contribution in [3.63, 3.8) is 0 Å². The zero-order valence-electron chi connectivity index (χ0n) is 14.9. The number of likely N-dealkylation sites (tertiary alicyclic amines) is 1. The Morgan fingerprint density at radius 1 is 1.32 bits per heavy atom. The molecule has 5 nitrogen and oxygen atoms in total. The first kappa shape index (κ1) is 17.5. The fourth-order valence-electron chi connectivity index (χ4n) is 3.10. The first-order valence-electron chi connectivity index (χ1n) is 8.85. The fraction of sp³-hybridized carbons (Fsp3) is 0.450. The topological polar surface area (TPSA) is 54.7 Å². The van der Waals surface area contributed by atoms with Gasteiger partial charge in [0.25, 0.3) is 0 Å². The maximum Gasteiger partial charge on any atom is 0.317 e. The predicted molar refractivity (Wildman–Crippen MR) is 96.2 cm³/mol. The molecule has 5 heteroatoms. The molecule has 1 aromatic carbocycles. The van der Waals surface area contributed by atoms with Gasteiger partial charge >= 0.3 is 6.03 Å². The molecule has 0 radical (unpaired) electrons. The lowest BCUT2D eigenvalue weighted by Crippen LogP contribution is -2.39. The Kier molecular flexibility index (Phi) is 5.76. The van der Waals surface area contributed by atoms with Crippen molar-refractivity contribution in [1.29, 1.82) is 0 Å². The molecule has 1 N–H and O–H groups in total. The number of hydrogen-bond donors (Lipinski definition) is 1. The average Bonchev–Trinajstić information content (AvgIpc) is 3.25. The molecule has 2 amide bonds. The van der Waals surface area contributed by atoms with Gasteiger partial charge in [-0.1, -0.05) is 30.3 Å². The lowest BCUT2D eigenvalue weighted by molar-refractivity contribution is 0.0896. The van der Waals surface area contributed by atoms with E-state index in [4.69, 9.17) is 9.15 Å². The molecule has 2 aromatic rings. The first-order valence-corrected chi connectivity index (χ1v) is 8.85. The minimum Gasteiger partial charge on any atom is -0.464 e. The number of furan rings is 1. The van der Waals surface area contributed by atoms with Crippen molar-refractivity contribution >= 4 is 6.03 Å². The Balaban J connectivity index is 1.40. The standard InChI is InChI=1S/C20H26N2O3/c1-15-8-9-19(25-15)16(2)21-20(23)22-11-10-18(12-22)14-24-13-17-6-4-3-5-7-17/h3-9,16,18H,10-14H2,1-2H3,(H,21,23)/t16-,18-/m1/s1. The zero-order chi connectivity index (χ0) is 17.6. The van der Waals surface area contributed by atoms with Gasteiger partial charge < -0.3 is 19.4 Å². The number of benzene rings is 1. The van der Waals surface area contributed by atoms with E-state index < -0.39 is 0 Å². The summed E-state index contributed by atoms with van der Waals surface area (Å²) < 4.78 is 11.4. The van der Waals surface area contributed by atoms with E-state index in [2.05, 4.69) is 17.4 Å². The third kappa shape index (κ3) is 4.86. The summed E-state index contributed by atoms with van der Waals surface area (Å²) in [5.41, 5.74) is 1.18. The quantitative estimate of drug-likeness (QED) is 0.866. The second-order valence-corrected chi connectivity index (χ2v) is 6.72. The highest BCUT2D eigenvalue weighted by Gasteiger charge is 2.27. The molecular weight excluding hydrogens is 316 g/mol. The number of urea groups is 1. The van der Waals surface area contributed by atoms with Crippen LogP contribution in [0.5, 0.6) is 0 Å². The number of aryl methyl sites for hydroxylation is 1. The van der Waals surface area contributed by atoms with E-state index in [1.807, 2.05) is 49.1 Å². The molecule has 0 saturated carbocycles. The Bertz CT molecular complexity index is 683. The molecule has 2 heterocycles. The van der Waals surface area contributed by atoms with Gasteiger partial charge in [0.2, 0.25) is 0 Å². The summed E-state index contributed by atoms with van der Waals surface area (Å²) in [5.74, 6) is 2.04. The van der Waals surface area contributed by atoms with Gasteiger partial charge in [0.1, 0.15) is 11.5 Å². The molecule has 3 rings (SSSR count). The summed E-state index contributed by atoms with van der Waals surface area (Å²) in [6.45, 7) is 6.66. The SMILES string of the molecule is Cc1ccc([C@@H](C)NC(=O)N2CC[C@@H](COCc3ccccc3)C2)o1. The van der Waals surface area contributed by atoms with Gasteiger partial charge in [0.15, 0.2) is 0 Å². The van der Waals surface area contributed by atoms with Crippen LogP contribution in [-0.4, -0.2) is 30.6 Å². The Hall–Kier alpha value is -2.27. The van der Waals surface area contributed by atoms with E-state index >= 15 is 0 Å². The zero-order valence-corrected chi connectivity index (χ0v) is 14.9. The molecule has 2 atom stereocenters. The largest absolute Gasteiger partial charge is 0.464 e. The van der Waals surface area contributed by atoms with E-state index in [1.165, 1.54) is 5.56 Å². The van der Waals surface area contributed by atoms with Crippen LogP contribution in [0.25, 0.3) is 0 Å². The van der Waals surface area contributed by atoms with E-state index in [9.17, 15) is 4.79 Å². The Morgan fingerprint density at radius 2 is 2.12 bits per heavy atom. The highest BCUT2D eigenvalue weighted by atomic mass is 16.5. The van der Waals surface area contributed by atoms with Crippen molar-refractivity contribution in [1.82, 2.24) is 10.2 Å². The number of carbonyl (C=O) groups excluding carboxylic acids is 1. The van der Waals surface area contributed by atoms with E-state index in [0.29, 0.717) is 19.1 Å². The van der Waals surface area contributed by atoms with Crippen molar-refractivity contribution in [2.45, 2.75) is 32.9 Å². The van der Waals surface area contributed by atoms with Crippen molar-refractivity contribution in [3.8, 4) is 0 Å². The number of ether oxygens (including phenoxy) is 1. The highest BCUT2D eigenvalue weighted by molar-refractivity contribution is 5.74. The van der Waals surface area contributed by atoms with Gasteiger partial charge in [-0.05, 0) is 38.0 Å². The molecule has 1 aliphatic rings. The van der Waals surface area contributed by atoms with Gasteiger partial charge in [-0.15, -0.1) is 0 Å². The molecule has 1 aromatic heterocycles. The molecule has 1 aliphatic heterocycles. The molecule has 0 bridgehead atoms. The van der Waals surface area contributed by atoms with Crippen molar-refractivity contribution < 1.29 is 13.9 Å². The van der Waals surface area contributed by atoms with Crippen molar-refractivity contribution in [3.05, 3.63) is 59.5 Å². The third-order valence-corrected chi connectivity index (χ3v) is 4.57. The van der Waals surface area contributed by atoms with Crippen LogP contribution in [-0.2, 0) is 11.3 Å². The number of nitrogens with one attached hydrogen (secondary N) is 1. The second-order valence-electron chi connectivity index (χ2n) is 6.72. The van der Waals surface area contributed by atoms with Crippen LogP contribution in [0.1, 0.15) is 36.5 Å². The van der Waals surface area contributed by atoms with Crippen LogP contribution >= 0.6 is 0 Å². The monoisotopic (exact) mass is 342 g/mol. The summed E-state index contributed by atoms with van der Waals surface area (Å²) in [7, 11) is 0. The minimum absolute atomic E-state index is 0.0351. The fourth-order valence-corrected chi connectivity index (χ4v) is 3.10. The van der Waals surface area contributed by atoms with Crippen LogP contribution in [0.15, 0.2) is 46.9 Å². The van der Waals surface area contributed by atoms with Gasteiger partial charge in [-0.2, -0.15) is 0 Å². The lowest BCUT2D eigenvalue weighted by Gasteiger charge is -2.20. The van der Waals surface area contributed by atoms with Crippen LogP contribution < -0.4 is 5.32 Å². The van der Waals surface area contributed by atoms with Gasteiger partial charge in [-0.3, -0.25) is 0 Å². The van der Waals surface area contributed by atoms with E-state index in [0.717, 1.165) is 31.0 Å². The predicted octanol–water partition coefficient (Wildman–Crippen LogP) is 3.90. The summed E-state index contributed by atoms with van der Waals surface area (Å²) in [5, 5.41) is 3.01. The van der Waals surface area contributed by atoms with Gasteiger partial charge in [0, 0.05) is 19.0 Å². The molecule has 0 aliphatic carbocycles. The summed E-state index contributed by atoms with van der Waals surface area (Å²) in [6.07, 6.45) is 0.983. The van der Waals surface area contributed by atoms with Gasteiger partial charge in [-0.25, -0.2) is 4.79 Å². The second kappa shape index (κ2) is 8.21. The molecule has 134 valence electrons. The van der Waals surface area contributed by atoms with Crippen LogP contribution in [0, 0.1) is 12.8 Å². The molecule has 1 fully saturated rings. The number of nitrogens with zero attached hydrogens (tertiary/aromatic N) is 1. The van der Waals surface area contributed by atoms with E-state index in [-0.39, 0.29) is 12.1 Å². The van der Waals surface area contributed by atoms with Crippen LogP contribution in [0.4, 0.5) is 4.79 Å². The third-order valence-electron chi connectivity index (χ3n) is 4.57. The lowest BCUT2D eigenvalue weighted by atomic mass is 10.1. The number of hydrogen-bond acceptors (Lipinski definition) is 3. The van der Waals surface area contributed by atoms with E-state index in [1.54, 1.807) is 0 Å². The van der Waals surface area contributed by atoms with Gasteiger partial charge in [0.05, 0.1) is 19.3 Å². The normalized spacial score (nSPS) is 18.3. The average molecular weight is 342 g/mol. The molecular formula is C20H26N2O3. The minimum atomic E-state index is -0.130. The Morgan fingerprint density at radius 3 is 2.84 bits per heavy atom. The first-order chi connectivity index (χ1) is 12.1. The smallest absolute Gasteiger partial charge is 0.317 e. The number of carbonyl (C=O) groups is 1. The molecule has 25 heavy (non-hydrogen) atoms.